The number of fused-ring (bicyclic) bond motifs is 2. The summed E-state index contributed by atoms with van der Waals surface area (Å²) in [5, 5.41) is 14.2. The third-order valence-corrected chi connectivity index (χ3v) is 10.2. The molecule has 13 nitrogen and oxygen atoms in total. The molecule has 0 radical (unpaired) electrons. The molecule has 0 spiro atoms. The van der Waals surface area contributed by atoms with Crippen molar-refractivity contribution in [3.63, 3.8) is 0 Å². The smallest absolute Gasteiger partial charge is 0.287 e. The van der Waals surface area contributed by atoms with Crippen molar-refractivity contribution in [1.29, 1.82) is 0 Å². The molecule has 2 saturated carbocycles. The van der Waals surface area contributed by atoms with E-state index in [1.54, 1.807) is 6.92 Å². The van der Waals surface area contributed by atoms with Crippen LogP contribution in [0.25, 0.3) is 0 Å². The first-order valence-electron chi connectivity index (χ1n) is 13.9. The standard InChI is InChI=1S/C28H37N7O6S/c1-15-22(42-34-33-15)25(40)30-17(8-9-19(36)24(39)29-5)23(38)31-18-7-6-12-35(26(18)41)14-21(37)32-20-13-16-10-11-28(20,4)27(16,2)3/h6-7,12,16-17,20H,8-11,13-14H2,1-5H3,(H,29,39)(H,30,40)(H,31,38)(H,32,37)/t16-,17+,20+,28+/m1/s1. The number of Topliss-reactive ketones (excluding diaryl/α,β-unsaturated/α-hetero) is 1. The van der Waals surface area contributed by atoms with Gasteiger partial charge in [0.1, 0.15) is 23.2 Å². The van der Waals surface area contributed by atoms with Crippen molar-refractivity contribution in [3.05, 3.63) is 39.3 Å². The lowest BCUT2D eigenvalue weighted by molar-refractivity contribution is -0.137. The average Bonchev–Trinajstić information content (AvgIpc) is 3.53. The lowest BCUT2D eigenvalue weighted by Gasteiger charge is -2.39. The summed E-state index contributed by atoms with van der Waals surface area (Å²) in [5.74, 6) is -2.72. The molecule has 2 heterocycles. The Labute approximate surface area is 247 Å². The summed E-state index contributed by atoms with van der Waals surface area (Å²) in [4.78, 5) is 76.2. The first kappa shape index (κ1) is 31.0. The summed E-state index contributed by atoms with van der Waals surface area (Å²) >= 11 is 0.846. The minimum absolute atomic E-state index is 0.0134. The van der Waals surface area contributed by atoms with Crippen LogP contribution in [0.2, 0.25) is 0 Å². The second-order valence-corrected chi connectivity index (χ2v) is 12.6. The zero-order valence-corrected chi connectivity index (χ0v) is 25.2. The van der Waals surface area contributed by atoms with E-state index in [1.807, 2.05) is 0 Å². The molecule has 0 saturated heterocycles. The molecular formula is C28H37N7O6S. The van der Waals surface area contributed by atoms with Gasteiger partial charge in [0.2, 0.25) is 17.6 Å². The van der Waals surface area contributed by atoms with Crippen LogP contribution < -0.4 is 26.8 Å². The molecule has 2 aliphatic rings. The summed E-state index contributed by atoms with van der Waals surface area (Å²) in [6.07, 6.45) is 4.05. The van der Waals surface area contributed by atoms with E-state index in [0.717, 1.165) is 30.8 Å². The fourth-order valence-corrected chi connectivity index (χ4v) is 6.81. The molecule has 2 aromatic heterocycles. The highest BCUT2D eigenvalue weighted by Crippen LogP contribution is 2.65. The Morgan fingerprint density at radius 1 is 1.19 bits per heavy atom. The van der Waals surface area contributed by atoms with Gasteiger partial charge in [-0.15, -0.1) is 5.10 Å². The van der Waals surface area contributed by atoms with Gasteiger partial charge < -0.3 is 25.8 Å². The number of pyridine rings is 1. The Morgan fingerprint density at radius 3 is 2.52 bits per heavy atom. The van der Waals surface area contributed by atoms with Gasteiger partial charge in [-0.05, 0) is 73.0 Å². The SMILES string of the molecule is CNC(=O)C(=O)CC[C@H](NC(=O)c1snnc1C)C(=O)Nc1cccn(CC(=O)N[C@H]2C[C@H]3CC[C@]2(C)C3(C)C)c1=O. The molecular weight excluding hydrogens is 562 g/mol. The van der Waals surface area contributed by atoms with Gasteiger partial charge in [-0.25, -0.2) is 0 Å². The predicted octanol–water partition coefficient (Wildman–Crippen LogP) is 1.17. The van der Waals surface area contributed by atoms with Gasteiger partial charge in [-0.2, -0.15) is 0 Å². The molecule has 42 heavy (non-hydrogen) atoms. The number of nitrogens with zero attached hydrogens (tertiary/aromatic N) is 3. The molecule has 2 fully saturated rings. The first-order chi connectivity index (χ1) is 19.8. The summed E-state index contributed by atoms with van der Waals surface area (Å²) in [7, 11) is 1.31. The van der Waals surface area contributed by atoms with E-state index in [2.05, 4.69) is 51.6 Å². The number of carbonyl (C=O) groups excluding carboxylic acids is 5. The lowest BCUT2D eigenvalue weighted by Crippen LogP contribution is -2.48. The molecule has 0 unspecified atom stereocenters. The molecule has 2 bridgehead atoms. The highest BCUT2D eigenvalue weighted by Gasteiger charge is 2.61. The fraction of sp³-hybridized carbons (Fsp3) is 0.571. The quantitative estimate of drug-likeness (QED) is 0.278. The summed E-state index contributed by atoms with van der Waals surface area (Å²) in [5.41, 5.74) is -0.228. The number of hydrogen-bond acceptors (Lipinski definition) is 9. The number of hydrogen-bond donors (Lipinski definition) is 4. The molecule has 4 rings (SSSR count). The third kappa shape index (κ3) is 5.98. The molecule has 2 aliphatic carbocycles. The summed E-state index contributed by atoms with van der Waals surface area (Å²) in [6, 6.07) is 1.68. The lowest BCUT2D eigenvalue weighted by atomic mass is 9.69. The zero-order chi connectivity index (χ0) is 30.8. The van der Waals surface area contributed by atoms with Crippen LogP contribution in [-0.2, 0) is 25.7 Å². The maximum Gasteiger partial charge on any atom is 0.287 e. The van der Waals surface area contributed by atoms with Crippen LogP contribution in [0.1, 0.15) is 68.2 Å². The van der Waals surface area contributed by atoms with E-state index in [9.17, 15) is 28.8 Å². The molecule has 2 aromatic rings. The van der Waals surface area contributed by atoms with Gasteiger partial charge >= 0.3 is 0 Å². The van der Waals surface area contributed by atoms with E-state index in [4.69, 9.17) is 0 Å². The average molecular weight is 600 g/mol. The number of aromatic nitrogens is 3. The monoisotopic (exact) mass is 599 g/mol. The minimum Gasteiger partial charge on any atom is -0.353 e. The normalized spacial score (nSPS) is 22.7. The van der Waals surface area contributed by atoms with Crippen LogP contribution in [0.5, 0.6) is 0 Å². The third-order valence-electron chi connectivity index (χ3n) is 9.34. The van der Waals surface area contributed by atoms with Crippen LogP contribution in [0.15, 0.2) is 23.1 Å². The topological polar surface area (TPSA) is 181 Å². The number of nitrogens with one attached hydrogen (secondary N) is 4. The molecule has 4 atom stereocenters. The number of ketones is 1. The van der Waals surface area contributed by atoms with Crippen LogP contribution in [0.3, 0.4) is 0 Å². The molecule has 4 amide bonds. The second kappa shape index (κ2) is 12.1. The maximum atomic E-state index is 13.2. The molecule has 4 N–H and O–H groups in total. The van der Waals surface area contributed by atoms with Crippen LogP contribution in [-0.4, -0.2) is 62.7 Å². The number of anilines is 1. The van der Waals surface area contributed by atoms with Crippen molar-refractivity contribution >= 4 is 46.6 Å². The highest BCUT2D eigenvalue weighted by molar-refractivity contribution is 7.08. The Hall–Kier alpha value is -3.94. The minimum atomic E-state index is -1.26. The van der Waals surface area contributed by atoms with Crippen LogP contribution in [0.4, 0.5) is 5.69 Å². The van der Waals surface area contributed by atoms with Crippen LogP contribution in [0, 0.1) is 23.7 Å². The Morgan fingerprint density at radius 2 is 1.93 bits per heavy atom. The van der Waals surface area contributed by atoms with Gasteiger partial charge in [0, 0.05) is 25.7 Å². The zero-order valence-electron chi connectivity index (χ0n) is 24.4. The predicted molar refractivity (Wildman–Crippen MR) is 155 cm³/mol. The van der Waals surface area contributed by atoms with E-state index in [0.29, 0.717) is 11.6 Å². The number of aryl methyl sites for hydroxylation is 1. The van der Waals surface area contributed by atoms with Crippen molar-refractivity contribution in [1.82, 2.24) is 30.1 Å². The first-order valence-corrected chi connectivity index (χ1v) is 14.7. The molecule has 0 aromatic carbocycles. The largest absolute Gasteiger partial charge is 0.353 e. The van der Waals surface area contributed by atoms with Crippen molar-refractivity contribution in [2.24, 2.45) is 16.7 Å². The Balaban J connectivity index is 1.45. The number of carbonyl (C=O) groups is 5. The van der Waals surface area contributed by atoms with Gasteiger partial charge in [0.15, 0.2) is 0 Å². The maximum absolute atomic E-state index is 13.2. The molecule has 14 heteroatoms. The number of likely N-dealkylation sites (N-methyl/N-ethyl adjacent to an activating group) is 1. The summed E-state index contributed by atoms with van der Waals surface area (Å²) in [6.45, 7) is 8.10. The Bertz CT molecular complexity index is 1470. The van der Waals surface area contributed by atoms with Crippen molar-refractivity contribution in [2.45, 2.75) is 78.4 Å². The highest BCUT2D eigenvalue weighted by atomic mass is 32.1. The summed E-state index contributed by atoms with van der Waals surface area (Å²) < 4.78 is 4.93. The van der Waals surface area contributed by atoms with E-state index in [-0.39, 0.29) is 52.7 Å². The fourth-order valence-electron chi connectivity index (χ4n) is 6.25. The van der Waals surface area contributed by atoms with Crippen molar-refractivity contribution < 1.29 is 24.0 Å². The van der Waals surface area contributed by atoms with E-state index >= 15 is 0 Å². The molecule has 226 valence electrons. The number of amides is 4. The van der Waals surface area contributed by atoms with Crippen molar-refractivity contribution in [3.8, 4) is 0 Å². The number of rotatable bonds is 11. The van der Waals surface area contributed by atoms with Crippen LogP contribution >= 0.6 is 11.5 Å². The van der Waals surface area contributed by atoms with Gasteiger partial charge in [0.25, 0.3) is 17.4 Å². The van der Waals surface area contributed by atoms with Gasteiger partial charge in [-0.1, -0.05) is 25.3 Å². The van der Waals surface area contributed by atoms with E-state index in [1.165, 1.54) is 29.9 Å². The van der Waals surface area contributed by atoms with Gasteiger partial charge in [-0.3, -0.25) is 28.8 Å². The molecule has 0 aliphatic heterocycles. The van der Waals surface area contributed by atoms with Gasteiger partial charge in [0.05, 0.1) is 5.69 Å². The second-order valence-electron chi connectivity index (χ2n) is 11.8. The van der Waals surface area contributed by atoms with E-state index < -0.39 is 35.1 Å². The Kier molecular flexibility index (Phi) is 8.95. The van der Waals surface area contributed by atoms with Crippen molar-refractivity contribution in [2.75, 3.05) is 12.4 Å².